The van der Waals surface area contributed by atoms with Crippen LogP contribution in [0, 0.1) is 12.7 Å². The van der Waals surface area contributed by atoms with Crippen molar-refractivity contribution in [1.82, 2.24) is 30.0 Å². The third-order valence-corrected chi connectivity index (χ3v) is 7.41. The number of amides is 1. The van der Waals surface area contributed by atoms with Crippen LogP contribution in [0.2, 0.25) is 5.02 Å². The highest BCUT2D eigenvalue weighted by atomic mass is 35.5. The number of piperidine rings is 1. The lowest BCUT2D eigenvalue weighted by Gasteiger charge is -2.35. The average Bonchev–Trinajstić information content (AvgIpc) is 3.34. The summed E-state index contributed by atoms with van der Waals surface area (Å²) in [5.74, 6) is 1.73. The quantitative estimate of drug-likeness (QED) is 0.413. The zero-order chi connectivity index (χ0) is 26.6. The highest BCUT2D eigenvalue weighted by Crippen LogP contribution is 2.25. The number of carbonyl (C=O) groups is 1. The molecular weight excluding hydrogens is 509 g/mol. The van der Waals surface area contributed by atoms with E-state index in [9.17, 15) is 9.18 Å². The first-order chi connectivity index (χ1) is 18.4. The molecule has 0 spiro atoms. The summed E-state index contributed by atoms with van der Waals surface area (Å²) in [6, 6.07) is 8.47. The van der Waals surface area contributed by atoms with Crippen LogP contribution < -0.4 is 15.5 Å². The van der Waals surface area contributed by atoms with Gasteiger partial charge in [-0.15, -0.1) is 0 Å². The molecule has 0 saturated carbocycles. The third-order valence-electron chi connectivity index (χ3n) is 7.12. The van der Waals surface area contributed by atoms with Crippen LogP contribution in [-0.4, -0.2) is 87.7 Å². The van der Waals surface area contributed by atoms with Gasteiger partial charge in [-0.05, 0) is 38.4 Å². The maximum Gasteiger partial charge on any atom is 0.256 e. The van der Waals surface area contributed by atoms with Gasteiger partial charge in [0.05, 0.1) is 10.6 Å². The molecule has 202 valence electrons. The number of aryl methyl sites for hydroxylation is 1. The van der Waals surface area contributed by atoms with Crippen LogP contribution in [0.25, 0.3) is 0 Å². The summed E-state index contributed by atoms with van der Waals surface area (Å²) < 4.78 is 14.4. The topological polar surface area (TPSA) is 105 Å². The van der Waals surface area contributed by atoms with Crippen molar-refractivity contribution in [2.45, 2.75) is 32.7 Å². The number of rotatable bonds is 7. The van der Waals surface area contributed by atoms with Gasteiger partial charge in [-0.1, -0.05) is 24.6 Å². The maximum absolute atomic E-state index is 14.4. The zero-order valence-corrected chi connectivity index (χ0v) is 22.4. The van der Waals surface area contributed by atoms with Gasteiger partial charge in [-0.25, -0.2) is 4.39 Å². The summed E-state index contributed by atoms with van der Waals surface area (Å²) in [5, 5.41) is 13.9. The molecule has 12 heteroatoms. The standard InChI is InChI=1S/C26H33ClFN9O/c1-3-35-11-13-36(14-12-35)23-16-21(30-22-15-17(2)33-34-22)31-26(32-23)29-18-7-9-37(10-8-18)25(38)19-5-4-6-20(27)24(19)28/h4-6,15-16,18H,3,7-14H2,1-2H3,(H3,29,30,31,32,33,34). The second kappa shape index (κ2) is 11.5. The average molecular weight is 542 g/mol. The van der Waals surface area contributed by atoms with Gasteiger partial charge in [-0.3, -0.25) is 9.89 Å². The number of anilines is 4. The molecule has 2 saturated heterocycles. The Labute approximate surface area is 226 Å². The van der Waals surface area contributed by atoms with Gasteiger partial charge < -0.3 is 25.3 Å². The number of likely N-dealkylation sites (N-methyl/N-ethyl adjacent to an activating group) is 1. The van der Waals surface area contributed by atoms with Crippen LogP contribution in [0.4, 0.5) is 27.8 Å². The molecule has 4 heterocycles. The number of piperazine rings is 1. The summed E-state index contributed by atoms with van der Waals surface area (Å²) in [5.41, 5.74) is 0.960. The third kappa shape index (κ3) is 5.99. The first kappa shape index (κ1) is 26.2. The Morgan fingerprint density at radius 3 is 2.55 bits per heavy atom. The number of carbonyl (C=O) groups excluding carboxylic acids is 1. The Bertz CT molecular complexity index is 1270. The highest BCUT2D eigenvalue weighted by molar-refractivity contribution is 6.31. The van der Waals surface area contributed by atoms with Crippen molar-refractivity contribution in [3.63, 3.8) is 0 Å². The molecule has 38 heavy (non-hydrogen) atoms. The second-order valence-corrected chi connectivity index (χ2v) is 10.1. The number of H-pyrrole nitrogens is 1. The van der Waals surface area contributed by atoms with Gasteiger partial charge in [0.1, 0.15) is 11.6 Å². The fraction of sp³-hybridized carbons (Fsp3) is 0.462. The van der Waals surface area contributed by atoms with Crippen LogP contribution in [0.3, 0.4) is 0 Å². The van der Waals surface area contributed by atoms with E-state index in [2.05, 4.69) is 37.6 Å². The smallest absolute Gasteiger partial charge is 0.256 e. The van der Waals surface area contributed by atoms with Gasteiger partial charge >= 0.3 is 0 Å². The minimum absolute atomic E-state index is 0.00688. The van der Waals surface area contributed by atoms with E-state index in [0.29, 0.717) is 43.5 Å². The molecule has 0 atom stereocenters. The Balaban J connectivity index is 1.28. The minimum atomic E-state index is -0.670. The van der Waals surface area contributed by atoms with Gasteiger partial charge in [0, 0.05) is 63.1 Å². The first-order valence-corrected chi connectivity index (χ1v) is 13.4. The Kier molecular flexibility index (Phi) is 7.94. The zero-order valence-electron chi connectivity index (χ0n) is 21.7. The van der Waals surface area contributed by atoms with E-state index in [1.807, 2.05) is 19.1 Å². The summed E-state index contributed by atoms with van der Waals surface area (Å²) in [6.45, 7) is 9.94. The van der Waals surface area contributed by atoms with E-state index in [-0.39, 0.29) is 22.5 Å². The van der Waals surface area contributed by atoms with Crippen molar-refractivity contribution in [3.05, 3.63) is 52.4 Å². The Hall–Kier alpha value is -3.44. The van der Waals surface area contributed by atoms with Crippen molar-refractivity contribution in [2.24, 2.45) is 0 Å². The summed E-state index contributed by atoms with van der Waals surface area (Å²) >= 11 is 5.87. The van der Waals surface area contributed by atoms with E-state index >= 15 is 0 Å². The number of nitrogens with zero attached hydrogens (tertiary/aromatic N) is 6. The molecule has 1 aromatic carbocycles. The molecule has 2 fully saturated rings. The number of hydrogen-bond acceptors (Lipinski definition) is 8. The molecule has 2 aromatic heterocycles. The molecular formula is C26H33ClFN9O. The van der Waals surface area contributed by atoms with Crippen molar-refractivity contribution in [3.8, 4) is 0 Å². The molecule has 3 N–H and O–H groups in total. The van der Waals surface area contributed by atoms with Gasteiger partial charge in [0.2, 0.25) is 5.95 Å². The number of hydrogen-bond donors (Lipinski definition) is 3. The summed E-state index contributed by atoms with van der Waals surface area (Å²) in [6.07, 6.45) is 1.38. The van der Waals surface area contributed by atoms with E-state index < -0.39 is 5.82 Å². The number of aromatic nitrogens is 4. The number of nitrogens with one attached hydrogen (secondary N) is 3. The van der Waals surface area contributed by atoms with Crippen LogP contribution >= 0.6 is 11.6 Å². The van der Waals surface area contributed by atoms with Crippen molar-refractivity contribution < 1.29 is 9.18 Å². The molecule has 3 aromatic rings. The fourth-order valence-corrected chi connectivity index (χ4v) is 5.05. The molecule has 2 aliphatic heterocycles. The Morgan fingerprint density at radius 2 is 1.87 bits per heavy atom. The largest absolute Gasteiger partial charge is 0.354 e. The van der Waals surface area contributed by atoms with Crippen LogP contribution in [0.1, 0.15) is 35.8 Å². The molecule has 0 bridgehead atoms. The SMILES string of the molecule is CCN1CCN(c2cc(Nc3cc(C)[nH]n3)nc(NC3CCN(C(=O)c4cccc(Cl)c4F)CC3)n2)CC1. The number of likely N-dealkylation sites (tertiary alicyclic amines) is 1. The van der Waals surface area contributed by atoms with Crippen LogP contribution in [0.5, 0.6) is 0 Å². The van der Waals surface area contributed by atoms with Gasteiger partial charge in [0.15, 0.2) is 11.6 Å². The number of halogens is 2. The monoisotopic (exact) mass is 541 g/mol. The fourth-order valence-electron chi connectivity index (χ4n) is 4.88. The van der Waals surface area contributed by atoms with E-state index in [1.165, 1.54) is 12.1 Å². The van der Waals surface area contributed by atoms with Crippen molar-refractivity contribution in [2.75, 3.05) is 61.3 Å². The van der Waals surface area contributed by atoms with E-state index in [0.717, 1.165) is 44.2 Å². The lowest BCUT2D eigenvalue weighted by molar-refractivity contribution is 0.0713. The minimum Gasteiger partial charge on any atom is -0.354 e. The summed E-state index contributed by atoms with van der Waals surface area (Å²) in [4.78, 5) is 28.8. The maximum atomic E-state index is 14.4. The normalized spacial score (nSPS) is 17.1. The molecule has 5 rings (SSSR count). The molecule has 0 unspecified atom stereocenters. The van der Waals surface area contributed by atoms with Crippen LogP contribution in [-0.2, 0) is 0 Å². The van der Waals surface area contributed by atoms with E-state index in [4.69, 9.17) is 21.6 Å². The number of benzene rings is 1. The van der Waals surface area contributed by atoms with Crippen LogP contribution in [0.15, 0.2) is 30.3 Å². The molecule has 0 aliphatic carbocycles. The van der Waals surface area contributed by atoms with Crippen molar-refractivity contribution >= 4 is 40.9 Å². The Morgan fingerprint density at radius 1 is 1.11 bits per heavy atom. The second-order valence-electron chi connectivity index (χ2n) is 9.73. The highest BCUT2D eigenvalue weighted by Gasteiger charge is 2.27. The lowest BCUT2D eigenvalue weighted by atomic mass is 10.0. The molecule has 1 amide bonds. The predicted molar refractivity (Wildman–Crippen MR) is 147 cm³/mol. The van der Waals surface area contributed by atoms with Crippen molar-refractivity contribution in [1.29, 1.82) is 0 Å². The predicted octanol–water partition coefficient (Wildman–Crippen LogP) is 3.90. The molecule has 10 nitrogen and oxygen atoms in total. The molecule has 2 aliphatic rings. The van der Waals surface area contributed by atoms with Gasteiger partial charge in [0.25, 0.3) is 5.91 Å². The number of aromatic amines is 1. The van der Waals surface area contributed by atoms with E-state index in [1.54, 1.807) is 11.0 Å². The molecule has 0 radical (unpaired) electrons. The summed E-state index contributed by atoms with van der Waals surface area (Å²) in [7, 11) is 0. The first-order valence-electron chi connectivity index (χ1n) is 13.0. The van der Waals surface area contributed by atoms with Gasteiger partial charge in [-0.2, -0.15) is 15.1 Å². The lowest BCUT2D eigenvalue weighted by Crippen LogP contribution is -2.46.